The van der Waals surface area contributed by atoms with E-state index in [1.807, 2.05) is 67.6 Å². The smallest absolute Gasteiger partial charge is 0.326 e. The molecule has 2 aliphatic rings. The highest BCUT2D eigenvalue weighted by molar-refractivity contribution is 5.99. The predicted molar refractivity (Wildman–Crippen MR) is 132 cm³/mol. The van der Waals surface area contributed by atoms with Crippen LogP contribution in [-0.4, -0.2) is 35.1 Å². The van der Waals surface area contributed by atoms with Gasteiger partial charge in [-0.05, 0) is 69.7 Å². The van der Waals surface area contributed by atoms with Crippen LogP contribution in [0.25, 0.3) is 0 Å². The average Bonchev–Trinajstić information content (AvgIpc) is 2.85. The minimum Gasteiger partial charge on any atom is -0.356 e. The molecular formula is C27H31N5O. The standard InChI is InChI=1S/C27H31N5O/c1-20-28-25-15-9-8-14-24(25)26(29-20)31-18-16-21(17-19-31)30-27(33)32(22-10-4-2-5-11-22)23-12-6-3-7-13-23/h2-7,10-13,21H,8-9,14-19H2,1H3,(H,30,33). The normalized spacial score (nSPS) is 16.2. The summed E-state index contributed by atoms with van der Waals surface area (Å²) < 4.78 is 0. The third kappa shape index (κ3) is 4.70. The van der Waals surface area contributed by atoms with E-state index in [1.54, 1.807) is 4.90 Å². The number of fused-ring (bicyclic) bond motifs is 1. The van der Waals surface area contributed by atoms with E-state index in [2.05, 4.69) is 10.2 Å². The lowest BCUT2D eigenvalue weighted by Crippen LogP contribution is -2.48. The number of aromatic nitrogens is 2. The molecule has 0 unspecified atom stereocenters. The zero-order valence-electron chi connectivity index (χ0n) is 19.2. The number of nitrogens with zero attached hydrogens (tertiary/aromatic N) is 4. The van der Waals surface area contributed by atoms with Crippen LogP contribution >= 0.6 is 0 Å². The third-order valence-electron chi connectivity index (χ3n) is 6.63. The number of urea groups is 1. The Morgan fingerprint density at radius 2 is 1.52 bits per heavy atom. The Kier molecular flexibility index (Phi) is 6.24. The third-order valence-corrected chi connectivity index (χ3v) is 6.63. The molecule has 6 nitrogen and oxygen atoms in total. The zero-order chi connectivity index (χ0) is 22.6. The van der Waals surface area contributed by atoms with Gasteiger partial charge in [-0.3, -0.25) is 4.90 Å². The van der Waals surface area contributed by atoms with Gasteiger partial charge in [0.1, 0.15) is 11.6 Å². The molecule has 1 saturated heterocycles. The molecule has 1 fully saturated rings. The fraction of sp³-hybridized carbons (Fsp3) is 0.370. The number of piperidine rings is 1. The van der Waals surface area contributed by atoms with Gasteiger partial charge in [0.15, 0.2) is 0 Å². The molecule has 2 aromatic carbocycles. The second-order valence-electron chi connectivity index (χ2n) is 8.94. The fourth-order valence-corrected chi connectivity index (χ4v) is 4.97. The number of rotatable bonds is 4. The summed E-state index contributed by atoms with van der Waals surface area (Å²) in [6.45, 7) is 3.78. The number of hydrogen-bond donors (Lipinski definition) is 1. The minimum absolute atomic E-state index is 0.0823. The molecule has 2 heterocycles. The molecule has 2 amide bonds. The van der Waals surface area contributed by atoms with Crippen molar-refractivity contribution < 1.29 is 4.79 Å². The van der Waals surface area contributed by atoms with Crippen LogP contribution in [-0.2, 0) is 12.8 Å². The van der Waals surface area contributed by atoms with Gasteiger partial charge in [-0.15, -0.1) is 0 Å². The summed E-state index contributed by atoms with van der Waals surface area (Å²) in [4.78, 5) is 27.1. The predicted octanol–water partition coefficient (Wildman–Crippen LogP) is 5.18. The lowest BCUT2D eigenvalue weighted by Gasteiger charge is -2.36. The molecule has 33 heavy (non-hydrogen) atoms. The van der Waals surface area contributed by atoms with E-state index in [4.69, 9.17) is 9.97 Å². The molecule has 0 saturated carbocycles. The van der Waals surface area contributed by atoms with Gasteiger partial charge in [-0.25, -0.2) is 14.8 Å². The number of nitrogens with one attached hydrogen (secondary N) is 1. The fourth-order valence-electron chi connectivity index (χ4n) is 4.97. The SMILES string of the molecule is Cc1nc2c(c(N3CCC(NC(=O)N(c4ccccc4)c4ccccc4)CC3)n1)CCCC2. The van der Waals surface area contributed by atoms with Crippen LogP contribution < -0.4 is 15.1 Å². The van der Waals surface area contributed by atoms with Crippen LogP contribution in [0.4, 0.5) is 22.0 Å². The monoisotopic (exact) mass is 441 g/mol. The van der Waals surface area contributed by atoms with Crippen molar-refractivity contribution in [1.29, 1.82) is 0 Å². The summed E-state index contributed by atoms with van der Waals surface area (Å²) in [5.74, 6) is 1.99. The topological polar surface area (TPSA) is 61.4 Å². The number of carbonyl (C=O) groups is 1. The van der Waals surface area contributed by atoms with Crippen molar-refractivity contribution in [2.45, 2.75) is 51.5 Å². The van der Waals surface area contributed by atoms with Gasteiger partial charge in [-0.1, -0.05) is 36.4 Å². The Morgan fingerprint density at radius 1 is 0.909 bits per heavy atom. The van der Waals surface area contributed by atoms with E-state index in [0.29, 0.717) is 0 Å². The number of benzene rings is 2. The minimum atomic E-state index is -0.0823. The summed E-state index contributed by atoms with van der Waals surface area (Å²) in [7, 11) is 0. The number of aryl methyl sites for hydroxylation is 2. The van der Waals surface area contributed by atoms with E-state index in [-0.39, 0.29) is 12.1 Å². The molecule has 5 rings (SSSR count). The van der Waals surface area contributed by atoms with Crippen molar-refractivity contribution in [1.82, 2.24) is 15.3 Å². The highest BCUT2D eigenvalue weighted by atomic mass is 16.2. The summed E-state index contributed by atoms with van der Waals surface area (Å²) in [6.07, 6.45) is 6.38. The number of anilines is 3. The molecule has 1 aromatic heterocycles. The molecule has 6 heteroatoms. The van der Waals surface area contributed by atoms with Gasteiger partial charge in [0, 0.05) is 30.4 Å². The summed E-state index contributed by atoms with van der Waals surface area (Å²) >= 11 is 0. The van der Waals surface area contributed by atoms with Crippen LogP contribution in [0.2, 0.25) is 0 Å². The van der Waals surface area contributed by atoms with E-state index in [0.717, 1.165) is 61.8 Å². The Labute approximate surface area is 195 Å². The first-order valence-corrected chi connectivity index (χ1v) is 12.0. The van der Waals surface area contributed by atoms with Crippen molar-refractivity contribution in [2.24, 2.45) is 0 Å². The second kappa shape index (κ2) is 9.61. The zero-order valence-corrected chi connectivity index (χ0v) is 19.2. The first kappa shape index (κ1) is 21.4. The van der Waals surface area contributed by atoms with Crippen molar-refractivity contribution in [3.63, 3.8) is 0 Å². The van der Waals surface area contributed by atoms with Crippen LogP contribution in [0.15, 0.2) is 60.7 Å². The second-order valence-corrected chi connectivity index (χ2v) is 8.94. The maximum Gasteiger partial charge on any atom is 0.326 e. The maximum absolute atomic E-state index is 13.4. The maximum atomic E-state index is 13.4. The lowest BCUT2D eigenvalue weighted by molar-refractivity contribution is 0.242. The number of para-hydroxylation sites is 2. The molecular weight excluding hydrogens is 410 g/mol. The van der Waals surface area contributed by atoms with Crippen LogP contribution in [0.3, 0.4) is 0 Å². The van der Waals surface area contributed by atoms with Crippen molar-refractivity contribution in [3.8, 4) is 0 Å². The van der Waals surface area contributed by atoms with Crippen LogP contribution in [0, 0.1) is 6.92 Å². The quantitative estimate of drug-likeness (QED) is 0.606. The lowest BCUT2D eigenvalue weighted by atomic mass is 9.95. The summed E-state index contributed by atoms with van der Waals surface area (Å²) in [6, 6.07) is 19.7. The Hall–Kier alpha value is -3.41. The molecule has 1 aliphatic carbocycles. The highest BCUT2D eigenvalue weighted by Gasteiger charge is 2.27. The van der Waals surface area contributed by atoms with Crippen molar-refractivity contribution in [2.75, 3.05) is 22.9 Å². The van der Waals surface area contributed by atoms with Gasteiger partial charge in [-0.2, -0.15) is 0 Å². The van der Waals surface area contributed by atoms with Gasteiger partial charge in [0.25, 0.3) is 0 Å². The number of carbonyl (C=O) groups excluding carboxylic acids is 1. The number of hydrogen-bond acceptors (Lipinski definition) is 4. The Bertz CT molecular complexity index is 1050. The highest BCUT2D eigenvalue weighted by Crippen LogP contribution is 2.30. The molecule has 0 spiro atoms. The first-order valence-electron chi connectivity index (χ1n) is 12.0. The van der Waals surface area contributed by atoms with E-state index in [1.165, 1.54) is 24.1 Å². The first-order chi connectivity index (χ1) is 16.2. The van der Waals surface area contributed by atoms with Gasteiger partial charge in [0.2, 0.25) is 0 Å². The average molecular weight is 442 g/mol. The van der Waals surface area contributed by atoms with Gasteiger partial charge >= 0.3 is 6.03 Å². The molecule has 1 N–H and O–H groups in total. The van der Waals surface area contributed by atoms with Gasteiger partial charge < -0.3 is 10.2 Å². The summed E-state index contributed by atoms with van der Waals surface area (Å²) in [5, 5.41) is 3.29. The summed E-state index contributed by atoms with van der Waals surface area (Å²) in [5.41, 5.74) is 4.30. The molecule has 0 atom stereocenters. The molecule has 170 valence electrons. The van der Waals surface area contributed by atoms with E-state index >= 15 is 0 Å². The molecule has 1 aliphatic heterocycles. The van der Waals surface area contributed by atoms with Crippen LogP contribution in [0.1, 0.15) is 42.8 Å². The van der Waals surface area contributed by atoms with Crippen LogP contribution in [0.5, 0.6) is 0 Å². The molecule has 3 aromatic rings. The molecule has 0 bridgehead atoms. The van der Waals surface area contributed by atoms with Gasteiger partial charge in [0.05, 0.1) is 11.4 Å². The van der Waals surface area contributed by atoms with E-state index in [9.17, 15) is 4.79 Å². The van der Waals surface area contributed by atoms with Crippen molar-refractivity contribution >= 4 is 23.2 Å². The van der Waals surface area contributed by atoms with Crippen molar-refractivity contribution in [3.05, 3.63) is 77.7 Å². The largest absolute Gasteiger partial charge is 0.356 e. The Balaban J connectivity index is 1.28. The van der Waals surface area contributed by atoms with E-state index < -0.39 is 0 Å². The molecule has 0 radical (unpaired) electrons. The Morgan fingerprint density at radius 3 is 2.15 bits per heavy atom. The number of amides is 2.